The van der Waals surface area contributed by atoms with Crippen molar-refractivity contribution in [2.75, 3.05) is 19.9 Å². The molecule has 0 aromatic heterocycles. The van der Waals surface area contributed by atoms with Gasteiger partial charge in [0.15, 0.2) is 11.5 Å². The van der Waals surface area contributed by atoms with Crippen LogP contribution in [0, 0.1) is 0 Å². The molecule has 1 atom stereocenters. The molecular weight excluding hydrogens is 206 g/mol. The third-order valence-corrected chi connectivity index (χ3v) is 2.90. The summed E-state index contributed by atoms with van der Waals surface area (Å²) in [4.78, 5) is 0. The average molecular weight is 221 g/mol. The van der Waals surface area contributed by atoms with Crippen molar-refractivity contribution in [3.8, 4) is 17.2 Å². The smallest absolute Gasteiger partial charge is 0.231 e. The number of benzene rings is 1. The Balaban J connectivity index is 1.69. The van der Waals surface area contributed by atoms with Gasteiger partial charge >= 0.3 is 0 Å². The second kappa shape index (κ2) is 4.22. The molecule has 0 aliphatic carbocycles. The van der Waals surface area contributed by atoms with Gasteiger partial charge < -0.3 is 19.5 Å². The highest BCUT2D eigenvalue weighted by molar-refractivity contribution is 5.46. The van der Waals surface area contributed by atoms with Gasteiger partial charge in [0.1, 0.15) is 11.9 Å². The first-order valence-electron chi connectivity index (χ1n) is 5.69. The van der Waals surface area contributed by atoms with E-state index in [9.17, 15) is 0 Å². The normalized spacial score (nSPS) is 23.1. The van der Waals surface area contributed by atoms with Crippen LogP contribution in [0.2, 0.25) is 0 Å². The molecule has 3 rings (SSSR count). The molecule has 86 valence electrons. The van der Waals surface area contributed by atoms with E-state index in [-0.39, 0.29) is 6.10 Å². The van der Waals surface area contributed by atoms with Gasteiger partial charge in [-0.25, -0.2) is 0 Å². The van der Waals surface area contributed by atoms with Crippen LogP contribution in [0.1, 0.15) is 12.8 Å². The quantitative estimate of drug-likeness (QED) is 0.822. The summed E-state index contributed by atoms with van der Waals surface area (Å²) in [5.74, 6) is 2.44. The third kappa shape index (κ3) is 1.93. The van der Waals surface area contributed by atoms with Gasteiger partial charge in [-0.05, 0) is 31.5 Å². The highest BCUT2D eigenvalue weighted by Gasteiger charge is 2.17. The average Bonchev–Trinajstić information content (AvgIpc) is 2.77. The monoisotopic (exact) mass is 221 g/mol. The maximum atomic E-state index is 5.88. The standard InChI is InChI=1S/C12H15NO3/c1-2-10(7-13-5-1)16-9-3-4-11-12(6-9)15-8-14-11/h3-4,6,10,13H,1-2,5,7-8H2. The molecule has 1 unspecified atom stereocenters. The second-order valence-corrected chi connectivity index (χ2v) is 4.10. The van der Waals surface area contributed by atoms with Crippen LogP contribution in [0.25, 0.3) is 0 Å². The lowest BCUT2D eigenvalue weighted by atomic mass is 10.1. The van der Waals surface area contributed by atoms with E-state index in [4.69, 9.17) is 14.2 Å². The zero-order valence-electron chi connectivity index (χ0n) is 9.07. The molecular formula is C12H15NO3. The summed E-state index contributed by atoms with van der Waals surface area (Å²) in [6.07, 6.45) is 2.56. The largest absolute Gasteiger partial charge is 0.489 e. The number of piperidine rings is 1. The summed E-state index contributed by atoms with van der Waals surface area (Å²) in [7, 11) is 0. The van der Waals surface area contributed by atoms with Crippen molar-refractivity contribution in [2.45, 2.75) is 18.9 Å². The van der Waals surface area contributed by atoms with Crippen LogP contribution in [-0.2, 0) is 0 Å². The highest BCUT2D eigenvalue weighted by Crippen LogP contribution is 2.35. The fourth-order valence-electron chi connectivity index (χ4n) is 2.06. The predicted molar refractivity (Wildman–Crippen MR) is 59.1 cm³/mol. The number of ether oxygens (including phenoxy) is 3. The Morgan fingerprint density at radius 3 is 3.06 bits per heavy atom. The topological polar surface area (TPSA) is 39.7 Å². The van der Waals surface area contributed by atoms with Crippen molar-refractivity contribution in [2.24, 2.45) is 0 Å². The molecule has 1 fully saturated rings. The molecule has 2 aliphatic rings. The molecule has 2 aliphatic heterocycles. The first-order valence-corrected chi connectivity index (χ1v) is 5.69. The van der Waals surface area contributed by atoms with Crippen LogP contribution in [0.5, 0.6) is 17.2 Å². The first kappa shape index (κ1) is 9.78. The Morgan fingerprint density at radius 2 is 2.19 bits per heavy atom. The summed E-state index contributed by atoms with van der Waals surface area (Å²) in [6.45, 7) is 2.33. The fourth-order valence-corrected chi connectivity index (χ4v) is 2.06. The molecule has 0 amide bonds. The Labute approximate surface area is 94.5 Å². The Hall–Kier alpha value is -1.42. The van der Waals surface area contributed by atoms with Crippen molar-refractivity contribution in [1.29, 1.82) is 0 Å². The van der Waals surface area contributed by atoms with Crippen LogP contribution in [0.3, 0.4) is 0 Å². The summed E-state index contributed by atoms with van der Waals surface area (Å²) in [5.41, 5.74) is 0. The van der Waals surface area contributed by atoms with Gasteiger partial charge in [0, 0.05) is 12.6 Å². The lowest BCUT2D eigenvalue weighted by molar-refractivity contribution is 0.165. The molecule has 1 aromatic carbocycles. The Kier molecular flexibility index (Phi) is 2.58. The maximum Gasteiger partial charge on any atom is 0.231 e. The lowest BCUT2D eigenvalue weighted by Crippen LogP contribution is -2.37. The van der Waals surface area contributed by atoms with Crippen LogP contribution in [0.4, 0.5) is 0 Å². The van der Waals surface area contributed by atoms with E-state index in [2.05, 4.69) is 5.32 Å². The predicted octanol–water partition coefficient (Wildman–Crippen LogP) is 1.55. The minimum atomic E-state index is 0.272. The SMILES string of the molecule is c1cc2c(cc1OC1CCCNC1)OCO2. The van der Waals surface area contributed by atoms with E-state index >= 15 is 0 Å². The van der Waals surface area contributed by atoms with Gasteiger partial charge in [-0.15, -0.1) is 0 Å². The summed E-state index contributed by atoms with van der Waals surface area (Å²) >= 11 is 0. The van der Waals surface area contributed by atoms with E-state index in [1.807, 2.05) is 18.2 Å². The summed E-state index contributed by atoms with van der Waals surface area (Å²) in [5, 5.41) is 3.33. The molecule has 2 heterocycles. The lowest BCUT2D eigenvalue weighted by Gasteiger charge is -2.23. The van der Waals surface area contributed by atoms with Gasteiger partial charge in [0.05, 0.1) is 0 Å². The molecule has 1 saturated heterocycles. The highest BCUT2D eigenvalue weighted by atomic mass is 16.7. The first-order chi connectivity index (χ1) is 7.92. The van der Waals surface area contributed by atoms with Crippen molar-refractivity contribution in [3.63, 3.8) is 0 Å². The molecule has 16 heavy (non-hydrogen) atoms. The van der Waals surface area contributed by atoms with Gasteiger partial charge in [-0.2, -0.15) is 0 Å². The van der Waals surface area contributed by atoms with Crippen LogP contribution in [0.15, 0.2) is 18.2 Å². The molecule has 0 bridgehead atoms. The van der Waals surface area contributed by atoms with Crippen LogP contribution in [-0.4, -0.2) is 26.0 Å². The zero-order chi connectivity index (χ0) is 10.8. The van der Waals surface area contributed by atoms with Crippen LogP contribution >= 0.6 is 0 Å². The summed E-state index contributed by atoms with van der Waals surface area (Å²) < 4.78 is 16.4. The van der Waals surface area contributed by atoms with Crippen molar-refractivity contribution >= 4 is 0 Å². The van der Waals surface area contributed by atoms with Crippen LogP contribution < -0.4 is 19.5 Å². The Morgan fingerprint density at radius 1 is 1.25 bits per heavy atom. The van der Waals surface area contributed by atoms with E-state index in [1.165, 1.54) is 6.42 Å². The molecule has 4 heteroatoms. The molecule has 4 nitrogen and oxygen atoms in total. The number of hydrogen-bond acceptors (Lipinski definition) is 4. The molecule has 1 aromatic rings. The van der Waals surface area contributed by atoms with E-state index < -0.39 is 0 Å². The molecule has 1 N–H and O–H groups in total. The minimum Gasteiger partial charge on any atom is -0.489 e. The van der Waals surface area contributed by atoms with E-state index in [1.54, 1.807) is 0 Å². The Bertz CT molecular complexity index is 375. The number of rotatable bonds is 2. The number of nitrogens with one attached hydrogen (secondary N) is 1. The fraction of sp³-hybridized carbons (Fsp3) is 0.500. The van der Waals surface area contributed by atoms with E-state index in [0.717, 1.165) is 36.8 Å². The van der Waals surface area contributed by atoms with Gasteiger partial charge in [0.25, 0.3) is 0 Å². The number of fused-ring (bicyclic) bond motifs is 1. The molecule has 0 saturated carbocycles. The second-order valence-electron chi connectivity index (χ2n) is 4.10. The van der Waals surface area contributed by atoms with Crippen molar-refractivity contribution < 1.29 is 14.2 Å². The maximum absolute atomic E-state index is 5.88. The van der Waals surface area contributed by atoms with Crippen molar-refractivity contribution in [1.82, 2.24) is 5.32 Å². The number of hydrogen-bond donors (Lipinski definition) is 1. The molecule has 0 spiro atoms. The van der Waals surface area contributed by atoms with Gasteiger partial charge in [0.2, 0.25) is 6.79 Å². The minimum absolute atomic E-state index is 0.272. The molecule has 0 radical (unpaired) electrons. The van der Waals surface area contributed by atoms with Gasteiger partial charge in [-0.3, -0.25) is 0 Å². The van der Waals surface area contributed by atoms with Gasteiger partial charge in [-0.1, -0.05) is 0 Å². The zero-order valence-corrected chi connectivity index (χ0v) is 9.07. The van der Waals surface area contributed by atoms with Crippen molar-refractivity contribution in [3.05, 3.63) is 18.2 Å². The van der Waals surface area contributed by atoms with E-state index in [0.29, 0.717) is 6.79 Å². The summed E-state index contributed by atoms with van der Waals surface area (Å²) in [6, 6.07) is 5.73. The third-order valence-electron chi connectivity index (χ3n) is 2.90.